The molecule has 4 nitrogen and oxygen atoms in total. The van der Waals surface area contributed by atoms with Crippen molar-refractivity contribution in [1.82, 2.24) is 4.90 Å². The van der Waals surface area contributed by atoms with Gasteiger partial charge in [0.05, 0.1) is 6.61 Å². The third-order valence-corrected chi connectivity index (χ3v) is 3.68. The predicted octanol–water partition coefficient (Wildman–Crippen LogP) is 1.13. The third-order valence-electron chi connectivity index (χ3n) is 3.68. The van der Waals surface area contributed by atoms with E-state index < -0.39 is 6.10 Å². The summed E-state index contributed by atoms with van der Waals surface area (Å²) in [6.07, 6.45) is 9.70. The summed E-state index contributed by atoms with van der Waals surface area (Å²) >= 11 is 0. The summed E-state index contributed by atoms with van der Waals surface area (Å²) in [5.41, 5.74) is 0. The van der Waals surface area contributed by atoms with Crippen molar-refractivity contribution in [2.75, 3.05) is 20.2 Å². The van der Waals surface area contributed by atoms with Gasteiger partial charge in [0.15, 0.2) is 6.10 Å². The SMILES string of the molecule is CN(CC1CC1)C(=O)C1COC2C=CC=CC2O1. The van der Waals surface area contributed by atoms with E-state index in [2.05, 4.69) is 0 Å². The Balaban J connectivity index is 1.57. The van der Waals surface area contributed by atoms with E-state index in [0.717, 1.165) is 6.54 Å². The first-order chi connectivity index (χ1) is 8.74. The molecular formula is C14H19NO3. The molecule has 0 aromatic carbocycles. The summed E-state index contributed by atoms with van der Waals surface area (Å²) in [6.45, 7) is 1.20. The molecule has 2 fully saturated rings. The van der Waals surface area contributed by atoms with Crippen molar-refractivity contribution in [2.24, 2.45) is 5.92 Å². The first kappa shape index (κ1) is 11.9. The zero-order valence-electron chi connectivity index (χ0n) is 10.6. The van der Waals surface area contributed by atoms with E-state index in [1.165, 1.54) is 12.8 Å². The molecule has 3 atom stereocenters. The maximum atomic E-state index is 12.2. The first-order valence-corrected chi connectivity index (χ1v) is 6.61. The van der Waals surface area contributed by atoms with Gasteiger partial charge in [-0.25, -0.2) is 0 Å². The number of nitrogens with zero attached hydrogens (tertiary/aromatic N) is 1. The van der Waals surface area contributed by atoms with Crippen LogP contribution in [0.2, 0.25) is 0 Å². The van der Waals surface area contributed by atoms with Gasteiger partial charge in [0.25, 0.3) is 5.91 Å². The minimum atomic E-state index is -0.453. The molecule has 18 heavy (non-hydrogen) atoms. The molecule has 2 aliphatic carbocycles. The summed E-state index contributed by atoms with van der Waals surface area (Å²) in [4.78, 5) is 14.0. The molecule has 1 amide bonds. The lowest BCUT2D eigenvalue weighted by Gasteiger charge is -2.35. The molecule has 3 rings (SSSR count). The number of carbonyl (C=O) groups excluding carboxylic acids is 1. The van der Waals surface area contributed by atoms with Gasteiger partial charge >= 0.3 is 0 Å². The highest BCUT2D eigenvalue weighted by molar-refractivity contribution is 5.81. The van der Waals surface area contributed by atoms with Gasteiger partial charge in [-0.15, -0.1) is 0 Å². The Morgan fingerprint density at radius 2 is 2.00 bits per heavy atom. The molecule has 1 heterocycles. The summed E-state index contributed by atoms with van der Waals surface area (Å²) in [5.74, 6) is 0.747. The van der Waals surface area contributed by atoms with Gasteiger partial charge in [-0.2, -0.15) is 0 Å². The molecule has 1 aliphatic heterocycles. The number of amides is 1. The van der Waals surface area contributed by atoms with Crippen LogP contribution in [0.4, 0.5) is 0 Å². The zero-order valence-corrected chi connectivity index (χ0v) is 10.6. The number of allylic oxidation sites excluding steroid dienone is 2. The first-order valence-electron chi connectivity index (χ1n) is 6.61. The topological polar surface area (TPSA) is 38.8 Å². The van der Waals surface area contributed by atoms with Crippen molar-refractivity contribution in [3.63, 3.8) is 0 Å². The van der Waals surface area contributed by atoms with Crippen LogP contribution in [0.5, 0.6) is 0 Å². The van der Waals surface area contributed by atoms with Gasteiger partial charge in [-0.05, 0) is 18.8 Å². The number of carbonyl (C=O) groups is 1. The Morgan fingerprint density at radius 1 is 1.28 bits per heavy atom. The van der Waals surface area contributed by atoms with E-state index in [1.54, 1.807) is 4.90 Å². The Labute approximate surface area is 107 Å². The minimum Gasteiger partial charge on any atom is -0.368 e. The van der Waals surface area contributed by atoms with Crippen molar-refractivity contribution in [3.05, 3.63) is 24.3 Å². The van der Waals surface area contributed by atoms with Gasteiger partial charge in [-0.1, -0.05) is 24.3 Å². The summed E-state index contributed by atoms with van der Waals surface area (Å²) < 4.78 is 11.5. The average molecular weight is 249 g/mol. The Kier molecular flexibility index (Phi) is 3.22. The molecule has 0 radical (unpaired) electrons. The average Bonchev–Trinajstić information content (AvgIpc) is 3.21. The molecule has 98 valence electrons. The van der Waals surface area contributed by atoms with Gasteiger partial charge in [-0.3, -0.25) is 4.79 Å². The number of hydrogen-bond donors (Lipinski definition) is 0. The van der Waals surface area contributed by atoms with Crippen LogP contribution in [-0.4, -0.2) is 49.3 Å². The van der Waals surface area contributed by atoms with Crippen LogP contribution >= 0.6 is 0 Å². The van der Waals surface area contributed by atoms with Crippen LogP contribution in [-0.2, 0) is 14.3 Å². The number of ether oxygens (including phenoxy) is 2. The summed E-state index contributed by atoms with van der Waals surface area (Å²) in [6, 6.07) is 0. The van der Waals surface area contributed by atoms with E-state index in [-0.39, 0.29) is 18.1 Å². The van der Waals surface area contributed by atoms with Crippen LogP contribution in [0, 0.1) is 5.92 Å². The molecule has 3 aliphatic rings. The molecule has 1 saturated heterocycles. The molecular weight excluding hydrogens is 230 g/mol. The lowest BCUT2D eigenvalue weighted by molar-refractivity contribution is -0.175. The van der Waals surface area contributed by atoms with Crippen molar-refractivity contribution < 1.29 is 14.3 Å². The fourth-order valence-corrected chi connectivity index (χ4v) is 2.42. The van der Waals surface area contributed by atoms with Crippen LogP contribution < -0.4 is 0 Å². The van der Waals surface area contributed by atoms with Crippen LogP contribution in [0.3, 0.4) is 0 Å². The molecule has 0 N–H and O–H groups in total. The van der Waals surface area contributed by atoms with Crippen molar-refractivity contribution in [2.45, 2.75) is 31.2 Å². The zero-order chi connectivity index (χ0) is 12.5. The molecule has 0 spiro atoms. The van der Waals surface area contributed by atoms with E-state index in [1.807, 2.05) is 31.4 Å². The van der Waals surface area contributed by atoms with Crippen LogP contribution in [0.25, 0.3) is 0 Å². The molecule has 0 aromatic heterocycles. The Hall–Kier alpha value is -1.13. The van der Waals surface area contributed by atoms with Gasteiger partial charge < -0.3 is 14.4 Å². The molecule has 4 heteroatoms. The highest BCUT2D eigenvalue weighted by atomic mass is 16.6. The normalized spacial score (nSPS) is 34.2. The fraction of sp³-hybridized carbons (Fsp3) is 0.643. The molecule has 0 bridgehead atoms. The van der Waals surface area contributed by atoms with Crippen molar-refractivity contribution in [1.29, 1.82) is 0 Å². The second kappa shape index (κ2) is 4.86. The van der Waals surface area contributed by atoms with Gasteiger partial charge in [0.1, 0.15) is 12.2 Å². The van der Waals surface area contributed by atoms with Crippen molar-refractivity contribution >= 4 is 5.91 Å². The van der Waals surface area contributed by atoms with Gasteiger partial charge in [0.2, 0.25) is 0 Å². The minimum absolute atomic E-state index is 0.0345. The Morgan fingerprint density at radius 3 is 2.72 bits per heavy atom. The summed E-state index contributed by atoms with van der Waals surface area (Å²) in [7, 11) is 1.85. The Bertz CT molecular complexity index is 387. The van der Waals surface area contributed by atoms with E-state index in [4.69, 9.17) is 9.47 Å². The van der Waals surface area contributed by atoms with Crippen LogP contribution in [0.1, 0.15) is 12.8 Å². The maximum Gasteiger partial charge on any atom is 0.253 e. The smallest absolute Gasteiger partial charge is 0.253 e. The number of likely N-dealkylation sites (N-methyl/N-ethyl adjacent to an activating group) is 1. The predicted molar refractivity (Wildman–Crippen MR) is 67.0 cm³/mol. The number of rotatable bonds is 3. The molecule has 3 unspecified atom stereocenters. The van der Waals surface area contributed by atoms with Crippen LogP contribution in [0.15, 0.2) is 24.3 Å². The van der Waals surface area contributed by atoms with E-state index >= 15 is 0 Å². The monoisotopic (exact) mass is 249 g/mol. The molecule has 1 saturated carbocycles. The second-order valence-electron chi connectivity index (χ2n) is 5.32. The molecule has 0 aromatic rings. The number of hydrogen-bond acceptors (Lipinski definition) is 3. The van der Waals surface area contributed by atoms with E-state index in [9.17, 15) is 4.79 Å². The maximum absolute atomic E-state index is 12.2. The van der Waals surface area contributed by atoms with Gasteiger partial charge in [0, 0.05) is 13.6 Å². The third kappa shape index (κ3) is 2.49. The second-order valence-corrected chi connectivity index (χ2v) is 5.32. The quantitative estimate of drug-likeness (QED) is 0.752. The standard InChI is InChI=1S/C14H19NO3/c1-15(8-10-6-7-10)14(16)13-9-17-11-4-2-3-5-12(11)18-13/h2-5,10-13H,6-9H2,1H3. The number of fused-ring (bicyclic) bond motifs is 1. The fourth-order valence-electron chi connectivity index (χ4n) is 2.42. The van der Waals surface area contributed by atoms with Crippen molar-refractivity contribution in [3.8, 4) is 0 Å². The lowest BCUT2D eigenvalue weighted by atomic mass is 10.1. The largest absolute Gasteiger partial charge is 0.368 e. The summed E-state index contributed by atoms with van der Waals surface area (Å²) in [5, 5.41) is 0. The highest BCUT2D eigenvalue weighted by Gasteiger charge is 2.36. The van der Waals surface area contributed by atoms with E-state index in [0.29, 0.717) is 12.5 Å². The highest BCUT2D eigenvalue weighted by Crippen LogP contribution is 2.30. The lowest BCUT2D eigenvalue weighted by Crippen LogP contribution is -2.50.